The van der Waals surface area contributed by atoms with E-state index in [1.165, 1.54) is 16.7 Å². The van der Waals surface area contributed by atoms with Crippen LogP contribution in [0.4, 0.5) is 0 Å². The maximum absolute atomic E-state index is 9.44. The predicted molar refractivity (Wildman–Crippen MR) is 69.0 cm³/mol. The van der Waals surface area contributed by atoms with Gasteiger partial charge in [0.1, 0.15) is 0 Å². The maximum Gasteiger partial charge on any atom is 0.323 e. The Hall–Kier alpha value is -0.150. The minimum absolute atomic E-state index is 0.612. The van der Waals surface area contributed by atoms with Gasteiger partial charge >= 0.3 is 16.5 Å². The normalized spacial score (nSPS) is 13.5. The summed E-state index contributed by atoms with van der Waals surface area (Å²) in [6, 6.07) is 6.30. The van der Waals surface area contributed by atoms with E-state index < -0.39 is 16.5 Å². The lowest BCUT2D eigenvalue weighted by Crippen LogP contribution is -1.83. The van der Waals surface area contributed by atoms with Crippen LogP contribution in [0.2, 0.25) is 0 Å². The Balaban J connectivity index is 0.000000325. The molecule has 0 bridgehead atoms. The molecule has 2 unspecified atom stereocenters. The minimum Gasteiger partial charge on any atom is -0.326 e. The van der Waals surface area contributed by atoms with Crippen molar-refractivity contribution in [2.75, 3.05) is 0 Å². The largest absolute Gasteiger partial charge is 0.326 e. The molecule has 0 aromatic heterocycles. The molecule has 0 fully saturated rings. The Morgan fingerprint density at radius 2 is 1.71 bits per heavy atom. The van der Waals surface area contributed by atoms with E-state index in [1.807, 2.05) is 0 Å². The standard InChI is InChI=1S/C9H11Cl.H4O5P2/c1-7-3-4-9(6-10)5-8(7)2;1-6(2)5-7(3)4/h3-5H,6H2,1-2H3;6-7H,(H,1,2)(H,3,4). The lowest BCUT2D eigenvalue weighted by Gasteiger charge is -2.00. The third kappa shape index (κ3) is 8.56. The van der Waals surface area contributed by atoms with Gasteiger partial charge in [0.25, 0.3) is 0 Å². The molecule has 0 aliphatic rings. The summed E-state index contributed by atoms with van der Waals surface area (Å²) >= 11 is 5.65. The molecule has 0 heterocycles. The Morgan fingerprint density at radius 3 is 2.00 bits per heavy atom. The molecule has 0 spiro atoms. The van der Waals surface area contributed by atoms with E-state index in [4.69, 9.17) is 21.4 Å². The van der Waals surface area contributed by atoms with Gasteiger partial charge in [0, 0.05) is 5.88 Å². The molecule has 0 saturated carbocycles. The summed E-state index contributed by atoms with van der Waals surface area (Å²) in [6.07, 6.45) is 0. The van der Waals surface area contributed by atoms with Crippen molar-refractivity contribution < 1.29 is 23.2 Å². The van der Waals surface area contributed by atoms with Gasteiger partial charge in [0.05, 0.1) is 0 Å². The lowest BCUT2D eigenvalue weighted by molar-refractivity contribution is 0.371. The van der Waals surface area contributed by atoms with Crippen LogP contribution in [0.5, 0.6) is 0 Å². The van der Waals surface area contributed by atoms with Gasteiger partial charge in [-0.2, -0.15) is 0 Å². The number of rotatable bonds is 3. The molecule has 0 aliphatic carbocycles. The van der Waals surface area contributed by atoms with Crippen molar-refractivity contribution in [1.29, 1.82) is 0 Å². The monoisotopic (exact) mass is 300 g/mol. The Kier molecular flexibility index (Phi) is 8.79. The van der Waals surface area contributed by atoms with Crippen LogP contribution in [-0.2, 0) is 19.3 Å². The Bertz CT molecular complexity index is 398. The highest BCUT2D eigenvalue weighted by Gasteiger charge is 1.93. The van der Waals surface area contributed by atoms with E-state index in [2.05, 4.69) is 36.4 Å². The highest BCUT2D eigenvalue weighted by molar-refractivity contribution is 7.46. The summed E-state index contributed by atoms with van der Waals surface area (Å²) in [5.74, 6) is 0.612. The number of alkyl halides is 1. The summed E-state index contributed by atoms with van der Waals surface area (Å²) in [5, 5.41) is 0. The first kappa shape index (κ1) is 16.9. The summed E-state index contributed by atoms with van der Waals surface area (Å²) in [6.45, 7) is 4.21. The first-order chi connectivity index (χ1) is 7.86. The van der Waals surface area contributed by atoms with E-state index >= 15 is 0 Å². The summed E-state index contributed by atoms with van der Waals surface area (Å²) in [4.78, 5) is 15.4. The van der Waals surface area contributed by atoms with Gasteiger partial charge in [-0.1, -0.05) is 18.2 Å². The van der Waals surface area contributed by atoms with Crippen LogP contribution in [0.3, 0.4) is 0 Å². The van der Waals surface area contributed by atoms with Gasteiger partial charge in [-0.3, -0.25) is 9.13 Å². The number of halogens is 1. The summed E-state index contributed by atoms with van der Waals surface area (Å²) in [5.41, 5.74) is 3.84. The second-order valence-electron chi connectivity index (χ2n) is 3.19. The zero-order chi connectivity index (χ0) is 13.4. The molecular weight excluding hydrogens is 285 g/mol. The Morgan fingerprint density at radius 1 is 1.18 bits per heavy atom. The van der Waals surface area contributed by atoms with E-state index in [-0.39, 0.29) is 0 Å². The fourth-order valence-electron chi connectivity index (χ4n) is 0.961. The molecule has 1 rings (SSSR count). The lowest BCUT2D eigenvalue weighted by atomic mass is 10.1. The molecule has 0 aliphatic heterocycles. The molecule has 98 valence electrons. The van der Waals surface area contributed by atoms with E-state index in [0.29, 0.717) is 5.88 Å². The summed E-state index contributed by atoms with van der Waals surface area (Å²) < 4.78 is 22.3. The van der Waals surface area contributed by atoms with Crippen LogP contribution in [0.25, 0.3) is 0 Å². The SMILES string of the molecule is Cc1ccc(CCl)cc1C.O=[PH](O)O[PH](=O)O. The first-order valence-electron chi connectivity index (χ1n) is 4.62. The van der Waals surface area contributed by atoms with Crippen LogP contribution in [-0.4, -0.2) is 9.79 Å². The topological polar surface area (TPSA) is 83.8 Å². The zero-order valence-electron chi connectivity index (χ0n) is 9.44. The second kappa shape index (κ2) is 8.87. The average molecular weight is 301 g/mol. The van der Waals surface area contributed by atoms with Crippen molar-refractivity contribution in [3.8, 4) is 0 Å². The molecule has 0 saturated heterocycles. The van der Waals surface area contributed by atoms with Gasteiger partial charge in [-0.25, -0.2) is 4.31 Å². The van der Waals surface area contributed by atoms with Crippen LogP contribution in [0, 0.1) is 13.8 Å². The van der Waals surface area contributed by atoms with E-state index in [1.54, 1.807) is 0 Å². The van der Waals surface area contributed by atoms with Crippen LogP contribution in [0.1, 0.15) is 16.7 Å². The molecule has 1 aromatic rings. The number of benzene rings is 1. The molecule has 0 radical (unpaired) electrons. The molecular formula is C9H15ClO5P2. The highest BCUT2D eigenvalue weighted by Crippen LogP contribution is 2.30. The molecule has 1 aromatic carbocycles. The third-order valence-electron chi connectivity index (χ3n) is 1.90. The van der Waals surface area contributed by atoms with Crippen molar-refractivity contribution >= 4 is 28.1 Å². The quantitative estimate of drug-likeness (QED) is 0.662. The molecule has 5 nitrogen and oxygen atoms in total. The van der Waals surface area contributed by atoms with Gasteiger partial charge in [0.15, 0.2) is 0 Å². The second-order valence-corrected chi connectivity index (χ2v) is 5.33. The number of hydrogen-bond donors (Lipinski definition) is 2. The maximum atomic E-state index is 9.44. The summed E-state index contributed by atoms with van der Waals surface area (Å²) in [7, 11) is -6.40. The van der Waals surface area contributed by atoms with Gasteiger partial charge < -0.3 is 9.79 Å². The van der Waals surface area contributed by atoms with Gasteiger partial charge in [0.2, 0.25) is 0 Å². The van der Waals surface area contributed by atoms with Gasteiger partial charge in [-0.15, -0.1) is 11.6 Å². The van der Waals surface area contributed by atoms with Crippen molar-refractivity contribution in [2.45, 2.75) is 19.7 Å². The van der Waals surface area contributed by atoms with Crippen LogP contribution < -0.4 is 0 Å². The fraction of sp³-hybridized carbons (Fsp3) is 0.333. The zero-order valence-corrected chi connectivity index (χ0v) is 12.2. The van der Waals surface area contributed by atoms with Crippen molar-refractivity contribution in [1.82, 2.24) is 0 Å². The first-order valence-corrected chi connectivity index (χ1v) is 7.68. The van der Waals surface area contributed by atoms with Crippen LogP contribution >= 0.6 is 28.1 Å². The highest BCUT2D eigenvalue weighted by atomic mass is 35.5. The minimum atomic E-state index is -3.20. The fourth-order valence-corrected chi connectivity index (χ4v) is 1.73. The van der Waals surface area contributed by atoms with E-state index in [9.17, 15) is 9.13 Å². The van der Waals surface area contributed by atoms with Crippen molar-refractivity contribution in [3.63, 3.8) is 0 Å². The predicted octanol–water partition coefficient (Wildman–Crippen LogP) is 2.81. The molecule has 2 N–H and O–H groups in total. The number of aryl methyl sites for hydroxylation is 2. The smallest absolute Gasteiger partial charge is 0.323 e. The number of hydrogen-bond acceptors (Lipinski definition) is 3. The molecule has 17 heavy (non-hydrogen) atoms. The van der Waals surface area contributed by atoms with Crippen LogP contribution in [0.15, 0.2) is 18.2 Å². The van der Waals surface area contributed by atoms with Crippen molar-refractivity contribution in [3.05, 3.63) is 34.9 Å². The molecule has 2 atom stereocenters. The average Bonchev–Trinajstić information content (AvgIpc) is 2.21. The van der Waals surface area contributed by atoms with E-state index in [0.717, 1.165) is 0 Å². The molecule has 0 amide bonds. The molecule has 8 heteroatoms. The Labute approximate surface area is 106 Å². The van der Waals surface area contributed by atoms with Crippen molar-refractivity contribution in [2.24, 2.45) is 0 Å². The van der Waals surface area contributed by atoms with Gasteiger partial charge in [-0.05, 0) is 30.5 Å². The third-order valence-corrected chi connectivity index (χ3v) is 3.61.